The summed E-state index contributed by atoms with van der Waals surface area (Å²) in [6.07, 6.45) is 2.02. The maximum absolute atomic E-state index is 13.9. The molecule has 2 amide bonds. The molecule has 4 aromatic rings. The average Bonchev–Trinajstić information content (AvgIpc) is 3.63. The first kappa shape index (κ1) is 38.6. The summed E-state index contributed by atoms with van der Waals surface area (Å²) in [6.45, 7) is 1.13. The number of aliphatic hydroxyl groups excluding tert-OH is 2. The number of hydrogen-bond donors (Lipinski definition) is 4. The first-order valence-corrected chi connectivity index (χ1v) is 19.4. The number of piperazine rings is 1. The number of nitrogens with one attached hydrogen (secondary N) is 2. The number of aliphatic hydroxyl groups is 2. The minimum absolute atomic E-state index is 0.00854. The van der Waals surface area contributed by atoms with Crippen molar-refractivity contribution < 1.29 is 63.6 Å². The van der Waals surface area contributed by atoms with Crippen molar-refractivity contribution in [1.29, 1.82) is 0 Å². The van der Waals surface area contributed by atoms with Crippen LogP contribution in [0.4, 0.5) is 13.2 Å². The third-order valence-electron chi connectivity index (χ3n) is 9.38. The van der Waals surface area contributed by atoms with Gasteiger partial charge in [0.05, 0.1) is 0 Å². The van der Waals surface area contributed by atoms with E-state index in [1.807, 2.05) is 35.2 Å². The molecule has 0 spiro atoms. The Labute approximate surface area is 315 Å². The number of alkyl halides is 4. The second kappa shape index (κ2) is 17.8. The fourth-order valence-electron chi connectivity index (χ4n) is 6.73. The predicted octanol–water partition coefficient (Wildman–Crippen LogP) is 0.474. The van der Waals surface area contributed by atoms with Crippen molar-refractivity contribution in [1.82, 2.24) is 28.8 Å². The SMILES string of the molecule is O=C(N[C@H]1c2ccccc2OC[C@H]1O)[C@H](CCc1ccccc1)C[C@H](O)CN1CCN(Cc2ccc(-c3ccnnc3)o2)C[C@H]1C(=O)N[I-]C(F)(F)F. The number of hydrogen-bond acceptors (Lipinski definition) is 10. The van der Waals surface area contributed by atoms with Gasteiger partial charge in [0.15, 0.2) is 0 Å². The summed E-state index contributed by atoms with van der Waals surface area (Å²) in [5, 5.41) is 32.9. The first-order valence-electron chi connectivity index (χ1n) is 17.3. The third kappa shape index (κ3) is 10.7. The number of para-hydroxylation sites is 1. The monoisotopic (exact) mass is 849 g/mol. The molecule has 5 atom stereocenters. The number of nitrogens with zero attached hydrogens (tertiary/aromatic N) is 4. The Kier molecular flexibility index (Phi) is 13.0. The fraction of sp³-hybridized carbons (Fsp3) is 0.405. The summed E-state index contributed by atoms with van der Waals surface area (Å²) in [6, 6.07) is 20.4. The van der Waals surface area contributed by atoms with Crippen LogP contribution >= 0.6 is 0 Å². The van der Waals surface area contributed by atoms with Crippen LogP contribution in [0.25, 0.3) is 11.3 Å². The number of aryl methyl sites for hydroxylation is 1. The van der Waals surface area contributed by atoms with Crippen LogP contribution in [0.1, 0.15) is 35.8 Å². The Hall–Kier alpha value is -4.10. The number of carbonyl (C=O) groups is 2. The number of ether oxygens (including phenoxy) is 1. The van der Waals surface area contributed by atoms with Crippen LogP contribution in [0.2, 0.25) is 0 Å². The molecule has 0 radical (unpaired) electrons. The van der Waals surface area contributed by atoms with Gasteiger partial charge < -0.3 is 9.84 Å². The maximum atomic E-state index is 13.9. The molecular weight excluding hydrogens is 808 g/mol. The van der Waals surface area contributed by atoms with Crippen molar-refractivity contribution >= 4 is 11.8 Å². The van der Waals surface area contributed by atoms with E-state index in [-0.39, 0.29) is 38.6 Å². The van der Waals surface area contributed by atoms with E-state index in [0.29, 0.717) is 48.8 Å². The average molecular weight is 850 g/mol. The van der Waals surface area contributed by atoms with Gasteiger partial charge in [-0.2, -0.15) is 5.10 Å². The van der Waals surface area contributed by atoms with Gasteiger partial charge in [0.2, 0.25) is 0 Å². The van der Waals surface area contributed by atoms with Crippen LogP contribution in [0.3, 0.4) is 0 Å². The standard InChI is InChI=1S/C37H41F3IN6O6/c38-37(39,40)41-45-36(51)30-22-46(21-28-12-13-32(53-28)26-14-15-42-43-19-26)16-17-47(30)20-27(48)18-25(11-10-24-6-2-1-3-7-24)35(50)44-34-29-8-4-5-9-33(29)52-23-31(34)49/h1-9,12-15,19,25,27,30-31,34,48-49H,10-11,16-18,20-23H2,(H,44,50)(H,45,51)/q-1/t25-,27+,30+,31-,34+/m1/s1. The molecule has 0 bridgehead atoms. The van der Waals surface area contributed by atoms with Gasteiger partial charge in [0, 0.05) is 0 Å². The van der Waals surface area contributed by atoms with Crippen LogP contribution in [0, 0.1) is 5.92 Å². The summed E-state index contributed by atoms with van der Waals surface area (Å²) in [5.41, 5.74) is 2.40. The minimum atomic E-state index is -4.49. The van der Waals surface area contributed by atoms with Crippen molar-refractivity contribution in [2.45, 2.75) is 54.3 Å². The van der Waals surface area contributed by atoms with E-state index in [1.165, 1.54) is 0 Å². The number of halogens is 4. The second-order valence-corrected chi connectivity index (χ2v) is 15.4. The first-order chi connectivity index (χ1) is 25.5. The van der Waals surface area contributed by atoms with Crippen LogP contribution in [0.15, 0.2) is 89.6 Å². The van der Waals surface area contributed by atoms with Crippen LogP contribution in [-0.4, -0.2) is 97.2 Å². The number of aromatic nitrogens is 2. The molecule has 16 heteroatoms. The van der Waals surface area contributed by atoms with Crippen LogP contribution in [-0.2, 0) is 22.6 Å². The predicted molar refractivity (Wildman–Crippen MR) is 182 cm³/mol. The molecule has 0 unspecified atom stereocenters. The molecule has 2 aromatic carbocycles. The zero-order chi connectivity index (χ0) is 37.4. The van der Waals surface area contributed by atoms with Gasteiger partial charge in [-0.3, -0.25) is 0 Å². The molecule has 2 aromatic heterocycles. The number of furan rings is 1. The number of carbonyl (C=O) groups excluding carboxylic acids is 2. The van der Waals surface area contributed by atoms with E-state index < -0.39 is 61.8 Å². The quantitative estimate of drug-likeness (QED) is 0.0802. The molecule has 6 rings (SSSR count). The van der Waals surface area contributed by atoms with Gasteiger partial charge in [-0.15, -0.1) is 0 Å². The van der Waals surface area contributed by atoms with Crippen molar-refractivity contribution in [2.75, 3.05) is 32.8 Å². The molecule has 284 valence electrons. The van der Waals surface area contributed by atoms with Gasteiger partial charge >= 0.3 is 247 Å². The van der Waals surface area contributed by atoms with Gasteiger partial charge in [-0.05, 0) is 6.07 Å². The van der Waals surface area contributed by atoms with E-state index >= 15 is 0 Å². The van der Waals surface area contributed by atoms with Gasteiger partial charge in [-0.1, -0.05) is 36.4 Å². The number of benzene rings is 2. The van der Waals surface area contributed by atoms with Gasteiger partial charge in [-0.25, -0.2) is 0 Å². The number of rotatable bonds is 14. The normalized spacial score (nSPS) is 20.6. The summed E-state index contributed by atoms with van der Waals surface area (Å²) >= 11 is -2.61. The van der Waals surface area contributed by atoms with Crippen molar-refractivity contribution in [3.8, 4) is 17.1 Å². The van der Waals surface area contributed by atoms with E-state index in [2.05, 4.69) is 19.0 Å². The number of fused-ring (bicyclic) bond motifs is 1. The molecule has 4 N–H and O–H groups in total. The van der Waals surface area contributed by atoms with E-state index in [0.717, 1.165) is 11.1 Å². The van der Waals surface area contributed by atoms with E-state index in [9.17, 15) is 33.0 Å². The van der Waals surface area contributed by atoms with Crippen LogP contribution in [0.5, 0.6) is 5.75 Å². The fourth-order valence-corrected chi connectivity index (χ4v) is 7.66. The molecule has 1 fully saturated rings. The Morgan fingerprint density at radius 3 is 2.58 bits per heavy atom. The molecule has 2 aliphatic heterocycles. The summed E-state index contributed by atoms with van der Waals surface area (Å²) in [7, 11) is 0. The molecular formula is C37H41F3IN6O6-. The molecule has 0 aliphatic carbocycles. The molecule has 12 nitrogen and oxygen atoms in total. The topological polar surface area (TPSA) is 153 Å². The molecule has 53 heavy (non-hydrogen) atoms. The van der Waals surface area contributed by atoms with Crippen molar-refractivity contribution in [3.05, 3.63) is 102 Å². The van der Waals surface area contributed by atoms with Gasteiger partial charge in [0.1, 0.15) is 12.4 Å². The number of amides is 2. The van der Waals surface area contributed by atoms with Gasteiger partial charge in [0.25, 0.3) is 0 Å². The Balaban J connectivity index is 1.14. The molecule has 4 heterocycles. The summed E-state index contributed by atoms with van der Waals surface area (Å²) in [4.78, 5) is 30.8. The Morgan fingerprint density at radius 1 is 1.02 bits per heavy atom. The molecule has 0 saturated carbocycles. The zero-order valence-electron chi connectivity index (χ0n) is 28.7. The number of β-amino-alcohol motifs (C(OH)–C–C–N with tert-alkyl or cyclic N) is 1. The van der Waals surface area contributed by atoms with E-state index in [1.54, 1.807) is 59.8 Å². The Bertz CT molecular complexity index is 1800. The van der Waals surface area contributed by atoms with Crippen LogP contribution < -0.4 is 35.1 Å². The summed E-state index contributed by atoms with van der Waals surface area (Å²) in [5.74, 6) is -0.0329. The second-order valence-electron chi connectivity index (χ2n) is 13.1. The van der Waals surface area contributed by atoms with E-state index in [4.69, 9.17) is 9.15 Å². The van der Waals surface area contributed by atoms with Crippen molar-refractivity contribution in [2.24, 2.45) is 5.92 Å². The third-order valence-corrected chi connectivity index (χ3v) is 10.8. The molecule has 2 aliphatic rings. The van der Waals surface area contributed by atoms with Crippen molar-refractivity contribution in [3.63, 3.8) is 0 Å². The Morgan fingerprint density at radius 2 is 1.81 bits per heavy atom. The zero-order valence-corrected chi connectivity index (χ0v) is 30.8. The summed E-state index contributed by atoms with van der Waals surface area (Å²) < 4.78 is 48.8. The molecule has 1 saturated heterocycles.